The number of rotatable bonds is 2. The van der Waals surface area contributed by atoms with Crippen molar-refractivity contribution in [1.29, 1.82) is 0 Å². The SMILES string of the molecule is CNc1nccn1-c1ccc(C)cc1.Cl.Cl. The molecule has 0 radical (unpaired) electrons. The molecule has 1 aromatic carbocycles. The lowest BCUT2D eigenvalue weighted by Gasteiger charge is -2.06. The highest BCUT2D eigenvalue weighted by molar-refractivity contribution is 5.85. The number of anilines is 1. The molecule has 2 aromatic rings. The van der Waals surface area contributed by atoms with E-state index in [-0.39, 0.29) is 24.8 Å². The highest BCUT2D eigenvalue weighted by Gasteiger charge is 2.01. The van der Waals surface area contributed by atoms with E-state index in [9.17, 15) is 0 Å². The van der Waals surface area contributed by atoms with E-state index in [4.69, 9.17) is 0 Å². The monoisotopic (exact) mass is 259 g/mol. The van der Waals surface area contributed by atoms with Gasteiger partial charge in [0.15, 0.2) is 0 Å². The Morgan fingerprint density at radius 3 is 2.31 bits per heavy atom. The molecule has 1 N–H and O–H groups in total. The summed E-state index contributed by atoms with van der Waals surface area (Å²) in [4.78, 5) is 4.19. The van der Waals surface area contributed by atoms with Gasteiger partial charge in [-0.05, 0) is 19.1 Å². The van der Waals surface area contributed by atoms with Crippen LogP contribution in [0.1, 0.15) is 5.56 Å². The van der Waals surface area contributed by atoms with Gasteiger partial charge in [-0.25, -0.2) is 4.98 Å². The van der Waals surface area contributed by atoms with E-state index in [2.05, 4.69) is 41.5 Å². The number of imidazole rings is 1. The predicted octanol–water partition coefficient (Wildman–Crippen LogP) is 3.07. The van der Waals surface area contributed by atoms with Crippen LogP contribution < -0.4 is 5.32 Å². The summed E-state index contributed by atoms with van der Waals surface area (Å²) < 4.78 is 2.01. The van der Waals surface area contributed by atoms with Gasteiger partial charge < -0.3 is 5.32 Å². The minimum atomic E-state index is 0. The van der Waals surface area contributed by atoms with Crippen molar-refractivity contribution >= 4 is 30.8 Å². The zero-order valence-corrected chi connectivity index (χ0v) is 10.8. The van der Waals surface area contributed by atoms with Gasteiger partial charge in [0.2, 0.25) is 5.95 Å². The lowest BCUT2D eigenvalue weighted by molar-refractivity contribution is 1.05. The second kappa shape index (κ2) is 6.40. The molecule has 0 aliphatic rings. The van der Waals surface area contributed by atoms with Gasteiger partial charge in [-0.15, -0.1) is 24.8 Å². The van der Waals surface area contributed by atoms with Crippen LogP contribution in [0.4, 0.5) is 5.95 Å². The number of benzene rings is 1. The summed E-state index contributed by atoms with van der Waals surface area (Å²) in [5, 5.41) is 3.04. The van der Waals surface area contributed by atoms with Crippen LogP contribution in [-0.4, -0.2) is 16.6 Å². The fraction of sp³-hybridized carbons (Fsp3) is 0.182. The van der Waals surface area contributed by atoms with Crippen LogP contribution in [0.2, 0.25) is 0 Å². The topological polar surface area (TPSA) is 29.9 Å². The predicted molar refractivity (Wildman–Crippen MR) is 72.3 cm³/mol. The molecule has 0 aliphatic carbocycles. The lowest BCUT2D eigenvalue weighted by Crippen LogP contribution is -2.00. The smallest absolute Gasteiger partial charge is 0.207 e. The van der Waals surface area contributed by atoms with Crippen molar-refractivity contribution in [3.8, 4) is 5.69 Å². The van der Waals surface area contributed by atoms with Crippen molar-refractivity contribution in [3.63, 3.8) is 0 Å². The highest BCUT2D eigenvalue weighted by Crippen LogP contribution is 2.14. The Kier molecular flexibility index (Phi) is 5.93. The van der Waals surface area contributed by atoms with E-state index in [0.29, 0.717) is 0 Å². The first-order valence-electron chi connectivity index (χ1n) is 4.59. The van der Waals surface area contributed by atoms with Crippen molar-refractivity contribution in [2.45, 2.75) is 6.92 Å². The third kappa shape index (κ3) is 2.90. The summed E-state index contributed by atoms with van der Waals surface area (Å²) in [7, 11) is 1.87. The standard InChI is InChI=1S/C11H13N3.2ClH/c1-9-3-5-10(6-4-9)14-8-7-13-11(14)12-2;;/h3-8H,1-2H3,(H,12,13);2*1H. The molecule has 3 nitrogen and oxygen atoms in total. The molecule has 0 spiro atoms. The first-order valence-corrected chi connectivity index (χ1v) is 4.59. The van der Waals surface area contributed by atoms with Gasteiger partial charge in [0.25, 0.3) is 0 Å². The molecule has 16 heavy (non-hydrogen) atoms. The van der Waals surface area contributed by atoms with Gasteiger partial charge in [0, 0.05) is 25.1 Å². The number of aromatic nitrogens is 2. The molecule has 0 saturated heterocycles. The van der Waals surface area contributed by atoms with E-state index in [1.165, 1.54) is 5.56 Å². The van der Waals surface area contributed by atoms with Crippen molar-refractivity contribution < 1.29 is 0 Å². The van der Waals surface area contributed by atoms with Gasteiger partial charge in [0.1, 0.15) is 0 Å². The van der Waals surface area contributed by atoms with Crippen LogP contribution >= 0.6 is 24.8 Å². The minimum Gasteiger partial charge on any atom is -0.358 e. The third-order valence-electron chi connectivity index (χ3n) is 2.18. The maximum absolute atomic E-state index is 4.19. The number of hydrogen-bond acceptors (Lipinski definition) is 2. The van der Waals surface area contributed by atoms with E-state index in [1.807, 2.05) is 17.8 Å². The molecule has 1 aromatic heterocycles. The van der Waals surface area contributed by atoms with Gasteiger partial charge >= 0.3 is 0 Å². The Morgan fingerprint density at radius 2 is 1.75 bits per heavy atom. The molecule has 0 saturated carbocycles. The normalized spacial score (nSPS) is 8.88. The molecule has 88 valence electrons. The van der Waals surface area contributed by atoms with Gasteiger partial charge in [-0.1, -0.05) is 17.7 Å². The minimum absolute atomic E-state index is 0. The first kappa shape index (κ1) is 14.8. The zero-order valence-electron chi connectivity index (χ0n) is 9.18. The first-order chi connectivity index (χ1) is 6.81. The molecule has 0 atom stereocenters. The number of nitrogens with zero attached hydrogens (tertiary/aromatic N) is 2. The summed E-state index contributed by atoms with van der Waals surface area (Å²) in [5.74, 6) is 0.855. The Hall–Kier alpha value is -1.19. The molecule has 0 fully saturated rings. The van der Waals surface area contributed by atoms with Crippen molar-refractivity contribution in [3.05, 3.63) is 42.2 Å². The summed E-state index contributed by atoms with van der Waals surface area (Å²) in [6.07, 6.45) is 3.72. The summed E-state index contributed by atoms with van der Waals surface area (Å²) in [6.45, 7) is 2.08. The van der Waals surface area contributed by atoms with E-state index in [1.54, 1.807) is 6.20 Å². The summed E-state index contributed by atoms with van der Waals surface area (Å²) in [5.41, 5.74) is 2.39. The average molecular weight is 260 g/mol. The molecule has 0 bridgehead atoms. The lowest BCUT2D eigenvalue weighted by atomic mass is 10.2. The van der Waals surface area contributed by atoms with Crippen LogP contribution in [0, 0.1) is 6.92 Å². The largest absolute Gasteiger partial charge is 0.358 e. The fourth-order valence-electron chi connectivity index (χ4n) is 1.40. The Bertz CT molecular complexity index is 423. The molecular formula is C11H15Cl2N3. The number of nitrogens with one attached hydrogen (secondary N) is 1. The van der Waals surface area contributed by atoms with Crippen LogP contribution in [0.15, 0.2) is 36.7 Å². The van der Waals surface area contributed by atoms with E-state index in [0.717, 1.165) is 11.6 Å². The van der Waals surface area contributed by atoms with Crippen LogP contribution in [0.25, 0.3) is 5.69 Å². The molecule has 2 rings (SSSR count). The Labute approximate surface area is 108 Å². The van der Waals surface area contributed by atoms with Crippen LogP contribution in [-0.2, 0) is 0 Å². The quantitative estimate of drug-likeness (QED) is 0.899. The Morgan fingerprint density at radius 1 is 1.12 bits per heavy atom. The molecule has 5 heteroatoms. The molecule has 0 unspecified atom stereocenters. The maximum Gasteiger partial charge on any atom is 0.207 e. The fourth-order valence-corrected chi connectivity index (χ4v) is 1.40. The zero-order chi connectivity index (χ0) is 9.97. The average Bonchev–Trinajstić information content (AvgIpc) is 2.67. The molecule has 0 amide bonds. The van der Waals surface area contributed by atoms with Crippen molar-refractivity contribution in [2.24, 2.45) is 0 Å². The van der Waals surface area contributed by atoms with Gasteiger partial charge in [0.05, 0.1) is 0 Å². The second-order valence-electron chi connectivity index (χ2n) is 3.21. The van der Waals surface area contributed by atoms with E-state index < -0.39 is 0 Å². The molecule has 1 heterocycles. The van der Waals surface area contributed by atoms with Gasteiger partial charge in [-0.3, -0.25) is 4.57 Å². The highest BCUT2D eigenvalue weighted by atomic mass is 35.5. The van der Waals surface area contributed by atoms with Crippen molar-refractivity contribution in [2.75, 3.05) is 12.4 Å². The summed E-state index contributed by atoms with van der Waals surface area (Å²) >= 11 is 0. The molecular weight excluding hydrogens is 245 g/mol. The number of hydrogen-bond donors (Lipinski definition) is 1. The summed E-state index contributed by atoms with van der Waals surface area (Å²) in [6, 6.07) is 8.35. The maximum atomic E-state index is 4.19. The van der Waals surface area contributed by atoms with Gasteiger partial charge in [-0.2, -0.15) is 0 Å². The second-order valence-corrected chi connectivity index (χ2v) is 3.21. The Balaban J connectivity index is 0.00000112. The van der Waals surface area contributed by atoms with Crippen LogP contribution in [0.5, 0.6) is 0 Å². The van der Waals surface area contributed by atoms with Crippen LogP contribution in [0.3, 0.4) is 0 Å². The van der Waals surface area contributed by atoms with E-state index >= 15 is 0 Å². The van der Waals surface area contributed by atoms with Crippen molar-refractivity contribution in [1.82, 2.24) is 9.55 Å². The third-order valence-corrected chi connectivity index (χ3v) is 2.18. The molecule has 0 aliphatic heterocycles. The number of halogens is 2. The number of aryl methyl sites for hydroxylation is 1.